The predicted octanol–water partition coefficient (Wildman–Crippen LogP) is 5.80. The molecule has 3 rings (SSSR count). The van der Waals surface area contributed by atoms with Crippen LogP contribution in [0, 0.1) is 6.92 Å². The second kappa shape index (κ2) is 8.78. The van der Waals surface area contributed by atoms with Crippen molar-refractivity contribution in [2.24, 2.45) is 0 Å². The van der Waals surface area contributed by atoms with Crippen LogP contribution in [0.1, 0.15) is 15.9 Å². The summed E-state index contributed by atoms with van der Waals surface area (Å²) < 4.78 is 0. The van der Waals surface area contributed by atoms with E-state index < -0.39 is 0 Å². The Hall–Kier alpha value is -2.02. The maximum Gasteiger partial charge on any atom is 0.261 e. The molecule has 1 amide bonds. The number of thioether (sulfide) groups is 2. The van der Waals surface area contributed by atoms with Gasteiger partial charge in [0.2, 0.25) is 0 Å². The number of carbonyl (C=O) groups excluding carboxylic acids is 1. The average Bonchev–Trinajstić information content (AvgIpc) is 2.69. The normalized spacial score (nSPS) is 10.7. The van der Waals surface area contributed by atoms with Crippen LogP contribution in [-0.2, 0) is 0 Å². The highest BCUT2D eigenvalue weighted by molar-refractivity contribution is 7.98. The van der Waals surface area contributed by atoms with Gasteiger partial charge in [-0.2, -0.15) is 0 Å². The quantitative estimate of drug-likeness (QED) is 0.421. The molecule has 1 N–H and O–H groups in total. The third-order valence-electron chi connectivity index (χ3n) is 3.91. The largest absolute Gasteiger partial charge is 0.322 e. The van der Waals surface area contributed by atoms with Crippen molar-refractivity contribution in [1.82, 2.24) is 9.97 Å². The van der Waals surface area contributed by atoms with E-state index in [1.54, 1.807) is 11.8 Å². The lowest BCUT2D eigenvalue weighted by Crippen LogP contribution is -2.15. The topological polar surface area (TPSA) is 54.9 Å². The van der Waals surface area contributed by atoms with Crippen molar-refractivity contribution >= 4 is 46.7 Å². The van der Waals surface area contributed by atoms with Crippen molar-refractivity contribution in [2.45, 2.75) is 16.8 Å². The van der Waals surface area contributed by atoms with E-state index in [0.29, 0.717) is 16.5 Å². The molecule has 0 bridgehead atoms. The van der Waals surface area contributed by atoms with E-state index in [4.69, 9.17) is 11.6 Å². The zero-order chi connectivity index (χ0) is 19.4. The number of nitrogens with zero attached hydrogens (tertiary/aromatic N) is 2. The van der Waals surface area contributed by atoms with Crippen LogP contribution in [0.15, 0.2) is 58.5 Å². The third-order valence-corrected chi connectivity index (χ3v) is 5.61. The third kappa shape index (κ3) is 4.64. The van der Waals surface area contributed by atoms with E-state index in [1.807, 2.05) is 68.0 Å². The maximum absolute atomic E-state index is 12.7. The molecule has 0 spiro atoms. The number of amides is 1. The molecule has 1 aromatic heterocycles. The second-order valence-corrected chi connectivity index (χ2v) is 7.80. The molecule has 0 radical (unpaired) electrons. The van der Waals surface area contributed by atoms with E-state index >= 15 is 0 Å². The Bertz CT molecular complexity index is 960. The molecule has 0 fully saturated rings. The number of hydrogen-bond acceptors (Lipinski definition) is 5. The summed E-state index contributed by atoms with van der Waals surface area (Å²) in [6.07, 6.45) is 3.89. The lowest BCUT2D eigenvalue weighted by molar-refractivity contribution is 0.102. The summed E-state index contributed by atoms with van der Waals surface area (Å²) in [5, 5.41) is 3.54. The summed E-state index contributed by atoms with van der Waals surface area (Å²) >= 11 is 9.41. The number of rotatable bonds is 5. The van der Waals surface area contributed by atoms with Crippen molar-refractivity contribution in [1.29, 1.82) is 0 Å². The van der Waals surface area contributed by atoms with Crippen LogP contribution < -0.4 is 5.32 Å². The minimum atomic E-state index is -0.322. The van der Waals surface area contributed by atoms with E-state index in [9.17, 15) is 4.79 Å². The van der Waals surface area contributed by atoms with Crippen LogP contribution in [0.25, 0.3) is 11.4 Å². The number of hydrogen-bond donors (Lipinski definition) is 1. The zero-order valence-electron chi connectivity index (χ0n) is 15.1. The molecule has 3 aromatic rings. The lowest BCUT2D eigenvalue weighted by Gasteiger charge is -2.11. The second-order valence-electron chi connectivity index (χ2n) is 5.77. The SMILES string of the molecule is CSc1ccc(-c2nc(Cl)c(C(=O)Nc3ccc(C)cc3)c(SC)n2)cc1. The van der Waals surface area contributed by atoms with Crippen LogP contribution in [0.5, 0.6) is 0 Å². The van der Waals surface area contributed by atoms with Gasteiger partial charge in [-0.05, 0) is 43.7 Å². The summed E-state index contributed by atoms with van der Waals surface area (Å²) in [5.41, 5.74) is 2.96. The molecule has 4 nitrogen and oxygen atoms in total. The molecular formula is C20H18ClN3OS2. The van der Waals surface area contributed by atoms with Gasteiger partial charge < -0.3 is 5.32 Å². The van der Waals surface area contributed by atoms with Crippen molar-refractivity contribution < 1.29 is 4.79 Å². The first-order valence-corrected chi connectivity index (χ1v) is 11.0. The Balaban J connectivity index is 1.93. The fraction of sp³-hybridized carbons (Fsp3) is 0.150. The molecule has 27 heavy (non-hydrogen) atoms. The number of halogens is 1. The Kier molecular flexibility index (Phi) is 6.42. The Morgan fingerprint density at radius 3 is 2.22 bits per heavy atom. The van der Waals surface area contributed by atoms with E-state index in [1.165, 1.54) is 11.8 Å². The highest BCUT2D eigenvalue weighted by Crippen LogP contribution is 2.29. The smallest absolute Gasteiger partial charge is 0.261 e. The lowest BCUT2D eigenvalue weighted by atomic mass is 10.2. The van der Waals surface area contributed by atoms with Gasteiger partial charge in [0, 0.05) is 16.1 Å². The molecule has 2 aromatic carbocycles. The van der Waals surface area contributed by atoms with Crippen LogP contribution in [0.4, 0.5) is 5.69 Å². The van der Waals surface area contributed by atoms with Gasteiger partial charge in [0.05, 0.1) is 0 Å². The molecule has 0 aliphatic carbocycles. The van der Waals surface area contributed by atoms with Gasteiger partial charge in [0.1, 0.15) is 15.7 Å². The minimum Gasteiger partial charge on any atom is -0.322 e. The molecule has 7 heteroatoms. The highest BCUT2D eigenvalue weighted by atomic mass is 35.5. The van der Waals surface area contributed by atoms with Gasteiger partial charge in [-0.15, -0.1) is 23.5 Å². The molecule has 0 aliphatic rings. The van der Waals surface area contributed by atoms with Crippen molar-refractivity contribution in [3.63, 3.8) is 0 Å². The van der Waals surface area contributed by atoms with Gasteiger partial charge in [-0.3, -0.25) is 4.79 Å². The first-order chi connectivity index (χ1) is 13.0. The van der Waals surface area contributed by atoms with Crippen molar-refractivity contribution in [2.75, 3.05) is 17.8 Å². The zero-order valence-corrected chi connectivity index (χ0v) is 17.5. The van der Waals surface area contributed by atoms with Gasteiger partial charge >= 0.3 is 0 Å². The van der Waals surface area contributed by atoms with Crippen LogP contribution >= 0.6 is 35.1 Å². The van der Waals surface area contributed by atoms with Crippen molar-refractivity contribution in [3.05, 3.63) is 64.8 Å². The number of aromatic nitrogens is 2. The van der Waals surface area contributed by atoms with Crippen LogP contribution in [-0.4, -0.2) is 28.4 Å². The summed E-state index contributed by atoms with van der Waals surface area (Å²) in [6, 6.07) is 15.5. The molecule has 1 heterocycles. The molecular weight excluding hydrogens is 398 g/mol. The molecule has 0 aliphatic heterocycles. The minimum absolute atomic E-state index is 0.142. The highest BCUT2D eigenvalue weighted by Gasteiger charge is 2.20. The maximum atomic E-state index is 12.7. The number of carbonyl (C=O) groups is 1. The molecule has 0 saturated carbocycles. The van der Waals surface area contributed by atoms with E-state index in [0.717, 1.165) is 16.0 Å². The first kappa shape index (κ1) is 19.7. The molecule has 0 saturated heterocycles. The van der Waals surface area contributed by atoms with Crippen LogP contribution in [0.2, 0.25) is 5.15 Å². The summed E-state index contributed by atoms with van der Waals surface area (Å²) in [4.78, 5) is 22.8. The Morgan fingerprint density at radius 1 is 0.963 bits per heavy atom. The summed E-state index contributed by atoms with van der Waals surface area (Å²) in [7, 11) is 0. The number of nitrogens with one attached hydrogen (secondary N) is 1. The Labute approximate surface area is 172 Å². The number of aryl methyl sites for hydroxylation is 1. The summed E-state index contributed by atoms with van der Waals surface area (Å²) in [5.74, 6) is 0.182. The average molecular weight is 416 g/mol. The van der Waals surface area contributed by atoms with Crippen molar-refractivity contribution in [3.8, 4) is 11.4 Å². The van der Waals surface area contributed by atoms with Gasteiger partial charge in [-0.25, -0.2) is 9.97 Å². The monoisotopic (exact) mass is 415 g/mol. The fourth-order valence-corrected chi connectivity index (χ4v) is 3.74. The molecule has 0 atom stereocenters. The fourth-order valence-electron chi connectivity index (χ4n) is 2.45. The van der Waals surface area contributed by atoms with Gasteiger partial charge in [0.25, 0.3) is 5.91 Å². The first-order valence-electron chi connectivity index (χ1n) is 8.16. The van der Waals surface area contributed by atoms with E-state index in [-0.39, 0.29) is 16.6 Å². The van der Waals surface area contributed by atoms with Gasteiger partial charge in [0.15, 0.2) is 5.82 Å². The molecule has 0 unspecified atom stereocenters. The van der Waals surface area contributed by atoms with Crippen LogP contribution in [0.3, 0.4) is 0 Å². The van der Waals surface area contributed by atoms with E-state index in [2.05, 4.69) is 15.3 Å². The van der Waals surface area contributed by atoms with Gasteiger partial charge in [-0.1, -0.05) is 41.4 Å². The Morgan fingerprint density at radius 2 is 1.63 bits per heavy atom. The number of benzene rings is 2. The molecule has 138 valence electrons. The standard InChI is InChI=1S/C20H18ClN3OS2/c1-12-4-8-14(9-5-12)22-19(25)16-17(21)23-18(24-20(16)27-3)13-6-10-15(26-2)11-7-13/h4-11H,1-3H3,(H,22,25). The predicted molar refractivity (Wildman–Crippen MR) is 115 cm³/mol. The summed E-state index contributed by atoms with van der Waals surface area (Å²) in [6.45, 7) is 1.99. The number of anilines is 1.